The summed E-state index contributed by atoms with van der Waals surface area (Å²) in [4.78, 5) is 20.9. The van der Waals surface area contributed by atoms with Crippen molar-refractivity contribution in [3.05, 3.63) is 35.4 Å². The van der Waals surface area contributed by atoms with Crippen LogP contribution in [0.2, 0.25) is 0 Å². The van der Waals surface area contributed by atoms with Crippen molar-refractivity contribution < 1.29 is 27.9 Å². The predicted molar refractivity (Wildman–Crippen MR) is 54.3 cm³/mol. The summed E-state index contributed by atoms with van der Waals surface area (Å²) in [5.41, 5.74) is -0.635. The van der Waals surface area contributed by atoms with Crippen molar-refractivity contribution in [3.63, 3.8) is 0 Å². The molecule has 18 heavy (non-hydrogen) atoms. The Labute approximate surface area is 101 Å². The van der Waals surface area contributed by atoms with Crippen molar-refractivity contribution in [1.29, 1.82) is 0 Å². The maximum Gasteiger partial charge on any atom is 0.416 e. The number of alkyl halides is 3. The van der Waals surface area contributed by atoms with Gasteiger partial charge >= 0.3 is 6.18 Å². The maximum absolute atomic E-state index is 12.4. The van der Waals surface area contributed by atoms with Gasteiger partial charge in [0, 0.05) is 18.3 Å². The van der Waals surface area contributed by atoms with E-state index in [9.17, 15) is 27.9 Å². The summed E-state index contributed by atoms with van der Waals surface area (Å²) in [7, 11) is 0. The van der Waals surface area contributed by atoms with Crippen molar-refractivity contribution >= 4 is 12.3 Å². The Bertz CT molecular complexity index is 440. The van der Waals surface area contributed by atoms with Crippen LogP contribution in [-0.4, -0.2) is 12.3 Å². The van der Waals surface area contributed by atoms with Crippen molar-refractivity contribution in [1.82, 2.24) is 0 Å². The minimum absolute atomic E-state index is 0.162. The summed E-state index contributed by atoms with van der Waals surface area (Å²) < 4.78 is 37.3. The van der Waals surface area contributed by atoms with E-state index < -0.39 is 23.6 Å². The van der Waals surface area contributed by atoms with E-state index in [-0.39, 0.29) is 18.4 Å². The van der Waals surface area contributed by atoms with E-state index in [4.69, 9.17) is 0 Å². The lowest BCUT2D eigenvalue weighted by Crippen LogP contribution is -2.33. The summed E-state index contributed by atoms with van der Waals surface area (Å²) >= 11 is 0. The van der Waals surface area contributed by atoms with Gasteiger partial charge in [0.05, 0.1) is 5.56 Å². The molecular formula is C12H10F3O3-. The number of aldehydes is 1. The van der Waals surface area contributed by atoms with Gasteiger partial charge < -0.3 is 14.7 Å². The largest absolute Gasteiger partial charge is 0.550 e. The van der Waals surface area contributed by atoms with Crippen LogP contribution in [0.4, 0.5) is 13.2 Å². The highest BCUT2D eigenvalue weighted by Gasteiger charge is 2.30. The Morgan fingerprint density at radius 1 is 1.39 bits per heavy atom. The Hall–Kier alpha value is -1.85. The highest BCUT2D eigenvalue weighted by atomic mass is 19.4. The van der Waals surface area contributed by atoms with Crippen LogP contribution in [0.5, 0.6) is 0 Å². The van der Waals surface area contributed by atoms with Crippen molar-refractivity contribution in [2.45, 2.75) is 19.0 Å². The molecule has 6 heteroatoms. The van der Waals surface area contributed by atoms with Gasteiger partial charge in [0.15, 0.2) is 0 Å². The second kappa shape index (κ2) is 5.66. The number of aliphatic carboxylic acids is 1. The molecule has 98 valence electrons. The Morgan fingerprint density at radius 2 is 2.06 bits per heavy atom. The summed E-state index contributed by atoms with van der Waals surface area (Å²) in [6.45, 7) is 0. The topological polar surface area (TPSA) is 57.2 Å². The number of halogens is 3. The third-order valence-electron chi connectivity index (χ3n) is 2.45. The van der Waals surface area contributed by atoms with Gasteiger partial charge in [0.25, 0.3) is 0 Å². The molecule has 1 unspecified atom stereocenters. The number of carboxylic acid groups (broad SMARTS) is 1. The molecule has 1 atom stereocenters. The minimum Gasteiger partial charge on any atom is -0.550 e. The average molecular weight is 259 g/mol. The molecule has 0 aliphatic rings. The first-order valence-electron chi connectivity index (χ1n) is 5.15. The van der Waals surface area contributed by atoms with Gasteiger partial charge in [-0.3, -0.25) is 0 Å². The van der Waals surface area contributed by atoms with E-state index >= 15 is 0 Å². The third-order valence-corrected chi connectivity index (χ3v) is 2.45. The van der Waals surface area contributed by atoms with Crippen LogP contribution in [0, 0.1) is 5.92 Å². The molecule has 0 aliphatic carbocycles. The Balaban J connectivity index is 2.90. The van der Waals surface area contributed by atoms with E-state index in [1.807, 2.05) is 0 Å². The lowest BCUT2D eigenvalue weighted by molar-refractivity contribution is -0.311. The van der Waals surface area contributed by atoms with Crippen LogP contribution >= 0.6 is 0 Å². The first-order valence-corrected chi connectivity index (χ1v) is 5.15. The lowest BCUT2D eigenvalue weighted by atomic mass is 9.96. The molecule has 0 heterocycles. The first-order chi connectivity index (χ1) is 8.34. The van der Waals surface area contributed by atoms with Gasteiger partial charge in [0.1, 0.15) is 6.29 Å². The van der Waals surface area contributed by atoms with Crippen LogP contribution < -0.4 is 5.11 Å². The normalized spacial score (nSPS) is 13.1. The zero-order valence-corrected chi connectivity index (χ0v) is 9.24. The third kappa shape index (κ3) is 3.87. The molecule has 0 aromatic heterocycles. The zero-order chi connectivity index (χ0) is 13.8. The van der Waals surface area contributed by atoms with E-state index in [1.54, 1.807) is 0 Å². The minimum atomic E-state index is -4.47. The molecule has 0 fully saturated rings. The molecular weight excluding hydrogens is 249 g/mol. The van der Waals surface area contributed by atoms with Gasteiger partial charge in [-0.2, -0.15) is 13.2 Å². The number of benzene rings is 1. The monoisotopic (exact) mass is 259 g/mol. The van der Waals surface area contributed by atoms with Gasteiger partial charge in [-0.05, 0) is 18.1 Å². The number of carbonyl (C=O) groups excluding carboxylic acids is 2. The molecule has 3 nitrogen and oxygen atoms in total. The van der Waals surface area contributed by atoms with Gasteiger partial charge in [-0.15, -0.1) is 0 Å². The summed E-state index contributed by atoms with van der Waals surface area (Å²) in [6, 6.07) is 4.36. The summed E-state index contributed by atoms with van der Waals surface area (Å²) in [5.74, 6) is -2.55. The summed E-state index contributed by atoms with van der Waals surface area (Å²) in [5, 5.41) is 10.7. The Morgan fingerprint density at radius 3 is 2.56 bits per heavy atom. The van der Waals surface area contributed by atoms with Gasteiger partial charge in [-0.25, -0.2) is 0 Å². The highest BCUT2D eigenvalue weighted by Crippen LogP contribution is 2.30. The number of carboxylic acids is 1. The molecule has 0 saturated carbocycles. The Kier molecular flexibility index (Phi) is 4.47. The fourth-order valence-corrected chi connectivity index (χ4v) is 1.54. The highest BCUT2D eigenvalue weighted by molar-refractivity contribution is 5.72. The van der Waals surface area contributed by atoms with Crippen LogP contribution in [0.1, 0.15) is 17.5 Å². The number of hydrogen-bond acceptors (Lipinski definition) is 3. The van der Waals surface area contributed by atoms with Crippen molar-refractivity contribution in [3.8, 4) is 0 Å². The number of rotatable bonds is 5. The molecule has 0 saturated heterocycles. The molecule has 1 aromatic rings. The second-order valence-electron chi connectivity index (χ2n) is 3.82. The number of hydrogen-bond donors (Lipinski definition) is 0. The van der Waals surface area contributed by atoms with E-state index in [0.29, 0.717) is 6.29 Å². The molecule has 1 aromatic carbocycles. The van der Waals surface area contributed by atoms with Crippen LogP contribution in [-0.2, 0) is 22.2 Å². The van der Waals surface area contributed by atoms with E-state index in [0.717, 1.165) is 12.1 Å². The molecule has 0 amide bonds. The fourth-order valence-electron chi connectivity index (χ4n) is 1.54. The first kappa shape index (κ1) is 14.2. The number of carbonyl (C=O) groups is 2. The smallest absolute Gasteiger partial charge is 0.416 e. The van der Waals surface area contributed by atoms with Crippen LogP contribution in [0.3, 0.4) is 0 Å². The van der Waals surface area contributed by atoms with Crippen molar-refractivity contribution in [2.24, 2.45) is 5.92 Å². The molecule has 1 rings (SSSR count). The predicted octanol–water partition coefficient (Wildman–Crippen LogP) is 1.20. The zero-order valence-electron chi connectivity index (χ0n) is 9.24. The molecule has 0 N–H and O–H groups in total. The standard InChI is InChI=1S/C12H11F3O3/c13-12(14,15)10-3-1-2-8(7-10)6-9(4-5-16)11(17)18/h1-3,5,7,9H,4,6H2,(H,17,18)/p-1. The van der Waals surface area contributed by atoms with Crippen LogP contribution in [0.25, 0.3) is 0 Å². The lowest BCUT2D eigenvalue weighted by Gasteiger charge is -2.16. The van der Waals surface area contributed by atoms with Gasteiger partial charge in [-0.1, -0.05) is 18.2 Å². The molecule has 0 radical (unpaired) electrons. The van der Waals surface area contributed by atoms with Crippen molar-refractivity contribution in [2.75, 3.05) is 0 Å². The fraction of sp³-hybridized carbons (Fsp3) is 0.333. The van der Waals surface area contributed by atoms with Gasteiger partial charge in [0.2, 0.25) is 0 Å². The van der Waals surface area contributed by atoms with E-state index in [1.165, 1.54) is 12.1 Å². The second-order valence-corrected chi connectivity index (χ2v) is 3.82. The average Bonchev–Trinajstić information content (AvgIpc) is 2.27. The summed E-state index contributed by atoms with van der Waals surface area (Å²) in [6.07, 6.45) is -4.50. The molecule has 0 aliphatic heterocycles. The maximum atomic E-state index is 12.4. The van der Waals surface area contributed by atoms with E-state index in [2.05, 4.69) is 0 Å². The molecule has 0 spiro atoms. The SMILES string of the molecule is O=CCC(Cc1cccc(C(F)(F)F)c1)C(=O)[O-]. The van der Waals surface area contributed by atoms with Crippen LogP contribution in [0.15, 0.2) is 24.3 Å². The molecule has 0 bridgehead atoms. The quantitative estimate of drug-likeness (QED) is 0.747.